The second-order valence-corrected chi connectivity index (χ2v) is 4.94. The first kappa shape index (κ1) is 12.8. The van der Waals surface area contributed by atoms with Crippen LogP contribution in [0.15, 0.2) is 36.4 Å². The molecule has 100 valence electrons. The highest BCUT2D eigenvalue weighted by atomic mass is 35.5. The summed E-state index contributed by atoms with van der Waals surface area (Å²) in [5.41, 5.74) is 8.28. The zero-order chi connectivity index (χ0) is 14.3. The van der Waals surface area contributed by atoms with Gasteiger partial charge in [-0.05, 0) is 36.8 Å². The Hall–Kier alpha value is -2.20. The van der Waals surface area contributed by atoms with Crippen molar-refractivity contribution in [2.45, 2.75) is 6.92 Å². The number of nitrogens with two attached hydrogens (primary N) is 1. The van der Waals surface area contributed by atoms with Gasteiger partial charge in [0.1, 0.15) is 11.6 Å². The molecule has 0 saturated carbocycles. The molecule has 0 aliphatic carbocycles. The van der Waals surface area contributed by atoms with Gasteiger partial charge >= 0.3 is 0 Å². The third kappa shape index (κ3) is 2.08. The normalized spacial score (nSPS) is 10.9. The van der Waals surface area contributed by atoms with Crippen LogP contribution in [0.1, 0.15) is 5.56 Å². The molecular formula is C15H11ClFN3. The quantitative estimate of drug-likeness (QED) is 0.736. The van der Waals surface area contributed by atoms with Crippen molar-refractivity contribution in [2.75, 3.05) is 5.73 Å². The van der Waals surface area contributed by atoms with E-state index in [1.54, 1.807) is 6.07 Å². The second kappa shape index (κ2) is 4.72. The van der Waals surface area contributed by atoms with Gasteiger partial charge in [0.25, 0.3) is 0 Å². The van der Waals surface area contributed by atoms with E-state index in [1.807, 2.05) is 25.1 Å². The number of nitrogen functional groups attached to an aromatic ring is 1. The molecule has 5 heteroatoms. The van der Waals surface area contributed by atoms with Gasteiger partial charge in [-0.25, -0.2) is 14.4 Å². The van der Waals surface area contributed by atoms with Crippen molar-refractivity contribution in [2.24, 2.45) is 0 Å². The van der Waals surface area contributed by atoms with E-state index in [0.29, 0.717) is 17.2 Å². The van der Waals surface area contributed by atoms with E-state index in [0.717, 1.165) is 16.5 Å². The maximum absolute atomic E-state index is 13.5. The van der Waals surface area contributed by atoms with Gasteiger partial charge in [0, 0.05) is 10.9 Å². The molecule has 0 aliphatic heterocycles. The van der Waals surface area contributed by atoms with Crippen molar-refractivity contribution < 1.29 is 4.39 Å². The molecule has 1 heterocycles. The Morgan fingerprint density at radius 3 is 2.70 bits per heavy atom. The summed E-state index contributed by atoms with van der Waals surface area (Å²) >= 11 is 5.67. The summed E-state index contributed by atoms with van der Waals surface area (Å²) in [5, 5.41) is 0.893. The molecule has 3 aromatic rings. The first-order valence-electron chi connectivity index (χ1n) is 6.04. The highest BCUT2D eigenvalue weighted by molar-refractivity contribution is 6.30. The van der Waals surface area contributed by atoms with E-state index >= 15 is 0 Å². The molecule has 0 spiro atoms. The van der Waals surface area contributed by atoms with Crippen LogP contribution in [0.4, 0.5) is 10.2 Å². The monoisotopic (exact) mass is 287 g/mol. The van der Waals surface area contributed by atoms with Gasteiger partial charge in [-0.1, -0.05) is 23.7 Å². The van der Waals surface area contributed by atoms with E-state index in [1.165, 1.54) is 12.1 Å². The van der Waals surface area contributed by atoms with Crippen LogP contribution in [0.2, 0.25) is 5.02 Å². The van der Waals surface area contributed by atoms with Crippen LogP contribution < -0.4 is 5.73 Å². The predicted octanol–water partition coefficient (Wildman–Crippen LogP) is 3.98. The third-order valence-electron chi connectivity index (χ3n) is 3.14. The lowest BCUT2D eigenvalue weighted by Gasteiger charge is -2.08. The Labute approximate surface area is 120 Å². The fourth-order valence-electron chi connectivity index (χ4n) is 2.15. The Kier molecular flexibility index (Phi) is 3.03. The number of halogens is 2. The fraction of sp³-hybridized carbons (Fsp3) is 0.0667. The van der Waals surface area contributed by atoms with Crippen LogP contribution >= 0.6 is 11.6 Å². The Balaban J connectivity index is 2.25. The summed E-state index contributed by atoms with van der Waals surface area (Å²) in [4.78, 5) is 8.70. The average molecular weight is 288 g/mol. The maximum Gasteiger partial charge on any atom is 0.162 e. The number of nitrogens with zero attached hydrogens (tertiary/aromatic N) is 2. The van der Waals surface area contributed by atoms with Crippen LogP contribution in [0.25, 0.3) is 22.3 Å². The highest BCUT2D eigenvalue weighted by Gasteiger charge is 2.10. The van der Waals surface area contributed by atoms with E-state index in [9.17, 15) is 4.39 Å². The van der Waals surface area contributed by atoms with Crippen molar-refractivity contribution >= 4 is 28.3 Å². The minimum Gasteiger partial charge on any atom is -0.383 e. The molecule has 2 N–H and O–H groups in total. The van der Waals surface area contributed by atoms with Gasteiger partial charge in [0.15, 0.2) is 5.82 Å². The Morgan fingerprint density at radius 1 is 1.15 bits per heavy atom. The summed E-state index contributed by atoms with van der Waals surface area (Å²) in [6.07, 6.45) is 0. The molecule has 0 atom stereocenters. The number of rotatable bonds is 1. The lowest BCUT2D eigenvalue weighted by molar-refractivity contribution is 0.628. The number of aromatic nitrogens is 2. The first-order valence-corrected chi connectivity index (χ1v) is 6.42. The van der Waals surface area contributed by atoms with Crippen LogP contribution in [0.3, 0.4) is 0 Å². The summed E-state index contributed by atoms with van der Waals surface area (Å²) in [7, 11) is 0. The molecular weight excluding hydrogens is 277 g/mol. The lowest BCUT2D eigenvalue weighted by Crippen LogP contribution is -1.99. The van der Waals surface area contributed by atoms with Crippen LogP contribution in [-0.2, 0) is 0 Å². The second-order valence-electron chi connectivity index (χ2n) is 4.53. The van der Waals surface area contributed by atoms with Crippen molar-refractivity contribution in [3.05, 3.63) is 52.8 Å². The van der Waals surface area contributed by atoms with Crippen LogP contribution in [0, 0.1) is 12.7 Å². The van der Waals surface area contributed by atoms with Gasteiger partial charge < -0.3 is 5.73 Å². The van der Waals surface area contributed by atoms with Crippen LogP contribution in [0.5, 0.6) is 0 Å². The molecule has 0 radical (unpaired) electrons. The molecule has 0 aliphatic rings. The Morgan fingerprint density at radius 2 is 1.95 bits per heavy atom. The molecule has 1 aromatic heterocycles. The number of hydrogen-bond acceptors (Lipinski definition) is 3. The molecule has 0 saturated heterocycles. The number of aryl methyl sites for hydroxylation is 1. The van der Waals surface area contributed by atoms with E-state index in [2.05, 4.69) is 9.97 Å². The van der Waals surface area contributed by atoms with Gasteiger partial charge in [-0.2, -0.15) is 0 Å². The molecule has 20 heavy (non-hydrogen) atoms. The standard InChI is InChI=1S/C15H11ClFN3/c1-8-3-2-4-12-13(8)14(18)20-15(19-12)9-5-6-10(16)11(17)7-9/h2-7H,1H3,(H2,18,19,20). The lowest BCUT2D eigenvalue weighted by atomic mass is 10.1. The summed E-state index contributed by atoms with van der Waals surface area (Å²) < 4.78 is 13.5. The summed E-state index contributed by atoms with van der Waals surface area (Å²) in [5.74, 6) is 0.269. The van der Waals surface area contributed by atoms with Crippen molar-refractivity contribution in [3.8, 4) is 11.4 Å². The summed E-state index contributed by atoms with van der Waals surface area (Å²) in [6.45, 7) is 1.95. The molecule has 2 aromatic carbocycles. The predicted molar refractivity (Wildman–Crippen MR) is 79.1 cm³/mol. The van der Waals surface area contributed by atoms with E-state index in [-0.39, 0.29) is 5.02 Å². The maximum atomic E-state index is 13.5. The molecule has 0 fully saturated rings. The van der Waals surface area contributed by atoms with Gasteiger partial charge in [-0.3, -0.25) is 0 Å². The number of anilines is 1. The molecule has 0 unspecified atom stereocenters. The topological polar surface area (TPSA) is 51.8 Å². The smallest absolute Gasteiger partial charge is 0.162 e. The molecule has 0 bridgehead atoms. The zero-order valence-corrected chi connectivity index (χ0v) is 11.4. The van der Waals surface area contributed by atoms with Gasteiger partial charge in [0.2, 0.25) is 0 Å². The van der Waals surface area contributed by atoms with E-state index in [4.69, 9.17) is 17.3 Å². The number of hydrogen-bond donors (Lipinski definition) is 1. The largest absolute Gasteiger partial charge is 0.383 e. The Bertz CT molecular complexity index is 818. The third-order valence-corrected chi connectivity index (χ3v) is 3.44. The minimum absolute atomic E-state index is 0.0679. The summed E-state index contributed by atoms with van der Waals surface area (Å²) in [6, 6.07) is 10.2. The van der Waals surface area contributed by atoms with Gasteiger partial charge in [0.05, 0.1) is 10.5 Å². The molecule has 0 amide bonds. The highest BCUT2D eigenvalue weighted by Crippen LogP contribution is 2.27. The molecule has 3 rings (SSSR count). The average Bonchev–Trinajstić information content (AvgIpc) is 2.41. The van der Waals surface area contributed by atoms with Gasteiger partial charge in [-0.15, -0.1) is 0 Å². The first-order chi connectivity index (χ1) is 9.56. The zero-order valence-electron chi connectivity index (χ0n) is 10.7. The van der Waals surface area contributed by atoms with Crippen molar-refractivity contribution in [1.29, 1.82) is 0 Å². The number of fused-ring (bicyclic) bond motifs is 1. The SMILES string of the molecule is Cc1cccc2nc(-c3ccc(Cl)c(F)c3)nc(N)c12. The number of benzene rings is 2. The van der Waals surface area contributed by atoms with E-state index < -0.39 is 5.82 Å². The van der Waals surface area contributed by atoms with Crippen LogP contribution in [-0.4, -0.2) is 9.97 Å². The molecule has 3 nitrogen and oxygen atoms in total. The minimum atomic E-state index is -0.504. The van der Waals surface area contributed by atoms with Crippen molar-refractivity contribution in [1.82, 2.24) is 9.97 Å². The van der Waals surface area contributed by atoms with Crippen molar-refractivity contribution in [3.63, 3.8) is 0 Å². The fourth-order valence-corrected chi connectivity index (χ4v) is 2.27.